The Hall–Kier alpha value is -5.74. The molecule has 1 fully saturated rings. The summed E-state index contributed by atoms with van der Waals surface area (Å²) in [5, 5.41) is 18.6. The van der Waals surface area contributed by atoms with Gasteiger partial charge in [-0.2, -0.15) is 0 Å². The van der Waals surface area contributed by atoms with Gasteiger partial charge in [-0.1, -0.05) is 61.6 Å². The van der Waals surface area contributed by atoms with Gasteiger partial charge in [0.05, 0.1) is 29.3 Å². The second kappa shape index (κ2) is 18.7. The second-order valence-electron chi connectivity index (χ2n) is 15.6. The summed E-state index contributed by atoms with van der Waals surface area (Å²) in [6.07, 6.45) is 5.35. The third kappa shape index (κ3) is 8.89. The number of hydrogen-bond donors (Lipinski definition) is 3. The molecule has 2 aromatic carbocycles. The molecule has 16 heteroatoms. The van der Waals surface area contributed by atoms with Crippen LogP contribution < -0.4 is 20.7 Å². The second-order valence-corrected chi connectivity index (χ2v) is 16.8. The minimum Gasteiger partial charge on any atom is -0.483 e. The molecule has 5 heterocycles. The molecule has 7 rings (SSSR count). The number of imide groups is 1. The van der Waals surface area contributed by atoms with Crippen LogP contribution in [0.2, 0.25) is 0 Å². The maximum absolute atomic E-state index is 13.5. The highest BCUT2D eigenvalue weighted by molar-refractivity contribution is 7.15. The summed E-state index contributed by atoms with van der Waals surface area (Å²) in [5.41, 5.74) is 5.58. The molecule has 1 saturated heterocycles. The van der Waals surface area contributed by atoms with Crippen molar-refractivity contribution >= 4 is 46.6 Å². The maximum Gasteiger partial charge on any atom is 0.265 e. The number of thiophene rings is 1. The van der Waals surface area contributed by atoms with Gasteiger partial charge in [0, 0.05) is 42.6 Å². The van der Waals surface area contributed by atoms with Crippen molar-refractivity contribution in [3.63, 3.8) is 0 Å². The lowest BCUT2D eigenvalue weighted by atomic mass is 9.99. The van der Waals surface area contributed by atoms with Crippen LogP contribution in [-0.2, 0) is 19.1 Å². The zero-order chi connectivity index (χ0) is 42.5. The van der Waals surface area contributed by atoms with Gasteiger partial charge in [0.15, 0.2) is 18.7 Å². The first-order valence-corrected chi connectivity index (χ1v) is 21.4. The zero-order valence-electron chi connectivity index (χ0n) is 34.8. The molecule has 3 atom stereocenters. The van der Waals surface area contributed by atoms with E-state index in [4.69, 9.17) is 14.5 Å². The molecule has 4 aromatic rings. The predicted octanol–water partition coefficient (Wildman–Crippen LogP) is 5.34. The minimum atomic E-state index is -0.811. The van der Waals surface area contributed by atoms with Crippen molar-refractivity contribution < 1.29 is 33.4 Å². The first-order chi connectivity index (χ1) is 29.0. The lowest BCUT2D eigenvalue weighted by molar-refractivity contribution is -0.130. The first-order valence-electron chi connectivity index (χ1n) is 20.6. The van der Waals surface area contributed by atoms with Gasteiger partial charge in [-0.25, -0.2) is 0 Å². The highest BCUT2D eigenvalue weighted by Gasteiger charge is 2.46. The van der Waals surface area contributed by atoms with Crippen LogP contribution in [0.15, 0.2) is 47.5 Å². The van der Waals surface area contributed by atoms with E-state index in [1.807, 2.05) is 6.92 Å². The van der Waals surface area contributed by atoms with Crippen molar-refractivity contribution in [3.05, 3.63) is 92.4 Å². The van der Waals surface area contributed by atoms with Crippen LogP contribution in [0.25, 0.3) is 5.00 Å². The van der Waals surface area contributed by atoms with Gasteiger partial charge in [-0.3, -0.25) is 38.4 Å². The Bertz CT molecular complexity index is 2320. The number of benzene rings is 2. The monoisotopic (exact) mass is 836 g/mol. The lowest BCUT2D eigenvalue weighted by Gasteiger charge is -2.35. The molecular formula is C44H52N8O7S. The molecule has 0 aliphatic carbocycles. The van der Waals surface area contributed by atoms with Crippen molar-refractivity contribution in [3.8, 4) is 10.8 Å². The molecule has 0 saturated carbocycles. The van der Waals surface area contributed by atoms with Crippen LogP contribution in [-0.4, -0.2) is 94.0 Å². The number of ether oxygens (including phenoxy) is 2. The fourth-order valence-corrected chi connectivity index (χ4v) is 9.24. The molecule has 316 valence electrons. The molecule has 3 aliphatic rings. The van der Waals surface area contributed by atoms with Crippen molar-refractivity contribution in [2.75, 3.05) is 26.8 Å². The fraction of sp³-hybridized carbons (Fsp3) is 0.455. The Kier molecular flexibility index (Phi) is 13.2. The molecule has 0 bridgehead atoms. The summed E-state index contributed by atoms with van der Waals surface area (Å²) in [5.74, 6) is -0.0572. The Morgan fingerprint density at radius 2 is 1.57 bits per heavy atom. The molecule has 3 N–H and O–H groups in total. The number of hydrogen-bond acceptors (Lipinski definition) is 11. The average molecular weight is 837 g/mol. The number of unbranched alkanes of at least 4 members (excludes halogenated alkanes) is 5. The highest BCUT2D eigenvalue weighted by atomic mass is 32.1. The number of aryl methyl sites for hydroxylation is 3. The van der Waals surface area contributed by atoms with Crippen molar-refractivity contribution in [2.45, 2.75) is 104 Å². The molecule has 2 aromatic heterocycles. The predicted molar refractivity (Wildman–Crippen MR) is 226 cm³/mol. The molecule has 5 amide bonds. The first kappa shape index (κ1) is 42.4. The van der Waals surface area contributed by atoms with E-state index >= 15 is 0 Å². The number of aromatic nitrogens is 3. The summed E-state index contributed by atoms with van der Waals surface area (Å²) in [6, 6.07) is 11.9. The molecule has 2 unspecified atom stereocenters. The maximum atomic E-state index is 13.5. The van der Waals surface area contributed by atoms with E-state index in [1.165, 1.54) is 23.1 Å². The van der Waals surface area contributed by atoms with E-state index in [0.29, 0.717) is 18.9 Å². The van der Waals surface area contributed by atoms with E-state index in [1.54, 1.807) is 29.5 Å². The van der Waals surface area contributed by atoms with Gasteiger partial charge in [0.25, 0.3) is 17.7 Å². The summed E-state index contributed by atoms with van der Waals surface area (Å²) < 4.78 is 13.2. The number of amides is 5. The summed E-state index contributed by atoms with van der Waals surface area (Å²) in [6.45, 7) is 8.99. The molecule has 0 spiro atoms. The Morgan fingerprint density at radius 1 is 0.867 bits per heavy atom. The number of fused-ring (bicyclic) bond motifs is 4. The summed E-state index contributed by atoms with van der Waals surface area (Å²) >= 11 is 1.70. The normalized spacial score (nSPS) is 18.3. The van der Waals surface area contributed by atoms with Crippen molar-refractivity contribution in [1.82, 2.24) is 35.6 Å². The Morgan fingerprint density at radius 3 is 2.28 bits per heavy atom. The van der Waals surface area contributed by atoms with Crippen LogP contribution in [0, 0.1) is 27.7 Å². The number of nitrogens with one attached hydrogen (secondary N) is 3. The quantitative estimate of drug-likeness (QED) is 0.0933. The standard InChI is InChI=1S/C44H52N8O7S/c1-25-15-17-29(18-16-25)39-37-26(2)27(3)60-44(37)51-28(4)49-50-40(51)31(47-39)23-35(54)45-21-10-8-6-7-9-11-22-46-36(55)24-59-33-14-12-13-30-38(33)43(57)52(42(30)56)32-19-20-34(53)48-41(32)58-5/h12-18,31-32,41H,6-11,19-24H2,1-5H3,(H,45,54)(H,46,55)(H,48,53)/t31-,32?,41?/m0/s1. The van der Waals surface area contributed by atoms with E-state index in [9.17, 15) is 24.0 Å². The van der Waals surface area contributed by atoms with Crippen LogP contribution in [0.1, 0.15) is 123 Å². The van der Waals surface area contributed by atoms with Crippen LogP contribution in [0.5, 0.6) is 5.75 Å². The Balaban J connectivity index is 0.812. The molecular weight excluding hydrogens is 785 g/mol. The van der Waals surface area contributed by atoms with Crippen molar-refractivity contribution in [1.29, 1.82) is 0 Å². The number of carbonyl (C=O) groups is 5. The third-order valence-electron chi connectivity index (χ3n) is 11.4. The molecule has 15 nitrogen and oxygen atoms in total. The van der Waals surface area contributed by atoms with E-state index in [0.717, 1.165) is 71.1 Å². The van der Waals surface area contributed by atoms with E-state index in [-0.39, 0.29) is 60.5 Å². The third-order valence-corrected chi connectivity index (χ3v) is 12.6. The summed E-state index contributed by atoms with van der Waals surface area (Å²) in [7, 11) is 1.41. The zero-order valence-corrected chi connectivity index (χ0v) is 35.6. The number of rotatable bonds is 17. The number of carbonyl (C=O) groups excluding carboxylic acids is 5. The van der Waals surface area contributed by atoms with Crippen LogP contribution >= 0.6 is 11.3 Å². The van der Waals surface area contributed by atoms with Gasteiger partial charge in [-0.15, -0.1) is 21.5 Å². The van der Waals surface area contributed by atoms with E-state index < -0.39 is 30.1 Å². The van der Waals surface area contributed by atoms with Gasteiger partial charge < -0.3 is 25.4 Å². The average Bonchev–Trinajstić information content (AvgIpc) is 3.81. The number of aliphatic imine (C=N–C) groups is 1. The molecule has 60 heavy (non-hydrogen) atoms. The topological polar surface area (TPSA) is 186 Å². The fourth-order valence-electron chi connectivity index (χ4n) is 8.02. The smallest absolute Gasteiger partial charge is 0.265 e. The van der Waals surface area contributed by atoms with Crippen LogP contribution in [0.4, 0.5) is 0 Å². The highest BCUT2D eigenvalue weighted by Crippen LogP contribution is 2.40. The number of nitrogens with zero attached hydrogens (tertiary/aromatic N) is 5. The SMILES string of the molecule is COC1NC(=O)CCC1N1C(=O)c2cccc(OCC(=O)NCCCCCCCCNC(=O)C[C@@H]3N=C(c4ccc(C)cc4)c4c(sc(C)c4C)-n4c(C)nnc43)c2C1=O. The van der Waals surface area contributed by atoms with E-state index in [2.05, 4.69) is 75.8 Å². The number of methoxy groups -OCH3 is 1. The van der Waals surface area contributed by atoms with Crippen molar-refractivity contribution in [2.24, 2.45) is 4.99 Å². The molecule has 3 aliphatic heterocycles. The Labute approximate surface area is 353 Å². The minimum absolute atomic E-state index is 0.0771. The summed E-state index contributed by atoms with van der Waals surface area (Å²) in [4.78, 5) is 72.0. The van der Waals surface area contributed by atoms with Gasteiger partial charge >= 0.3 is 0 Å². The van der Waals surface area contributed by atoms with Crippen LogP contribution in [0.3, 0.4) is 0 Å². The van der Waals surface area contributed by atoms with Gasteiger partial charge in [0.1, 0.15) is 22.6 Å². The van der Waals surface area contributed by atoms with Gasteiger partial charge in [0.2, 0.25) is 11.8 Å². The lowest BCUT2D eigenvalue weighted by Crippen LogP contribution is -2.57. The number of piperidine rings is 1. The molecule has 0 radical (unpaired) electrons. The van der Waals surface area contributed by atoms with Gasteiger partial charge in [-0.05, 0) is 64.7 Å². The largest absolute Gasteiger partial charge is 0.483 e.